The van der Waals surface area contributed by atoms with Crippen molar-refractivity contribution in [3.05, 3.63) is 29.1 Å². The van der Waals surface area contributed by atoms with Crippen molar-refractivity contribution in [1.82, 2.24) is 4.98 Å². The first kappa shape index (κ1) is 12.5. The summed E-state index contributed by atoms with van der Waals surface area (Å²) in [6.07, 6.45) is -3.77. The lowest BCUT2D eigenvalue weighted by Crippen LogP contribution is -2.18. The smallest absolute Gasteiger partial charge is 0.434 e. The van der Waals surface area contributed by atoms with E-state index in [2.05, 4.69) is 4.98 Å². The minimum Gasteiger partial charge on any atom is -0.478 e. The van der Waals surface area contributed by atoms with Crippen molar-refractivity contribution in [2.24, 2.45) is 0 Å². The zero-order chi connectivity index (χ0) is 12.5. The molecule has 0 aliphatic heterocycles. The van der Waals surface area contributed by atoms with E-state index in [1.54, 1.807) is 13.8 Å². The van der Waals surface area contributed by atoms with Gasteiger partial charge in [0.25, 0.3) is 0 Å². The van der Waals surface area contributed by atoms with E-state index in [1.165, 1.54) is 6.07 Å². The van der Waals surface area contributed by atoms with Crippen LogP contribution in [0.15, 0.2) is 12.3 Å². The molecule has 0 aromatic carbocycles. The van der Waals surface area contributed by atoms with Gasteiger partial charge in [-0.25, -0.2) is 4.79 Å². The van der Waals surface area contributed by atoms with Crippen LogP contribution in [-0.2, 0) is 6.18 Å². The number of alkyl halides is 3. The molecule has 88 valence electrons. The molecule has 0 aliphatic rings. The maximum Gasteiger partial charge on any atom is 0.434 e. The third-order valence-corrected chi connectivity index (χ3v) is 2.09. The van der Waals surface area contributed by atoms with Crippen LogP contribution < -0.4 is 0 Å². The van der Waals surface area contributed by atoms with E-state index in [0.29, 0.717) is 0 Å². The van der Waals surface area contributed by atoms with Gasteiger partial charge in [-0.3, -0.25) is 4.98 Å². The lowest BCUT2D eigenvalue weighted by molar-refractivity contribution is -0.141. The molecule has 0 aliphatic carbocycles. The van der Waals surface area contributed by atoms with Crippen LogP contribution in [-0.4, -0.2) is 16.1 Å². The molecule has 1 aromatic rings. The molecule has 0 atom stereocenters. The Morgan fingerprint density at radius 1 is 1.44 bits per heavy atom. The van der Waals surface area contributed by atoms with Gasteiger partial charge in [-0.1, -0.05) is 13.8 Å². The second kappa shape index (κ2) is 4.11. The molecular weight excluding hydrogens is 223 g/mol. The van der Waals surface area contributed by atoms with Crippen molar-refractivity contribution in [1.29, 1.82) is 0 Å². The van der Waals surface area contributed by atoms with Gasteiger partial charge in [0.2, 0.25) is 0 Å². The van der Waals surface area contributed by atoms with Crippen molar-refractivity contribution >= 4 is 5.97 Å². The molecule has 0 saturated heterocycles. The Morgan fingerprint density at radius 3 is 2.38 bits per heavy atom. The minimum absolute atomic E-state index is 0.134. The van der Waals surface area contributed by atoms with E-state index in [9.17, 15) is 18.0 Å². The highest BCUT2D eigenvalue weighted by atomic mass is 19.4. The topological polar surface area (TPSA) is 50.2 Å². The summed E-state index contributed by atoms with van der Waals surface area (Å²) in [6, 6.07) is 1.30. The number of carboxylic acids is 1. The van der Waals surface area contributed by atoms with E-state index in [0.717, 1.165) is 6.20 Å². The standard InChI is InChI=1S/C10H10F3NO2/c1-5(2)6-3-4-14-8(10(11,12)13)7(6)9(15)16/h3-5H,1-2H3,(H,15,16). The summed E-state index contributed by atoms with van der Waals surface area (Å²) < 4.78 is 37.6. The van der Waals surface area contributed by atoms with Gasteiger partial charge in [0.15, 0.2) is 5.69 Å². The molecule has 0 saturated carbocycles. The quantitative estimate of drug-likeness (QED) is 0.854. The molecule has 0 unspecified atom stereocenters. The zero-order valence-corrected chi connectivity index (χ0v) is 8.67. The van der Waals surface area contributed by atoms with Gasteiger partial charge >= 0.3 is 12.1 Å². The molecule has 1 aromatic heterocycles. The number of carboxylic acid groups (broad SMARTS) is 1. The first-order valence-electron chi connectivity index (χ1n) is 4.54. The molecule has 1 rings (SSSR count). The second-order valence-corrected chi connectivity index (χ2v) is 3.58. The van der Waals surface area contributed by atoms with E-state index >= 15 is 0 Å². The normalized spacial score (nSPS) is 11.9. The molecule has 0 bridgehead atoms. The van der Waals surface area contributed by atoms with E-state index < -0.39 is 23.4 Å². The first-order valence-corrected chi connectivity index (χ1v) is 4.54. The van der Waals surface area contributed by atoms with E-state index in [-0.39, 0.29) is 11.5 Å². The van der Waals surface area contributed by atoms with Gasteiger partial charge in [-0.05, 0) is 17.5 Å². The maximum absolute atomic E-state index is 12.5. The van der Waals surface area contributed by atoms with E-state index in [1.807, 2.05) is 0 Å². The molecule has 0 amide bonds. The van der Waals surface area contributed by atoms with Crippen molar-refractivity contribution in [3.8, 4) is 0 Å². The first-order chi connectivity index (χ1) is 7.25. The van der Waals surface area contributed by atoms with Gasteiger partial charge < -0.3 is 5.11 Å². The predicted octanol–water partition coefficient (Wildman–Crippen LogP) is 2.92. The summed E-state index contributed by atoms with van der Waals surface area (Å²) in [4.78, 5) is 14.0. The summed E-state index contributed by atoms with van der Waals surface area (Å²) in [5.74, 6) is -1.92. The highest BCUT2D eigenvalue weighted by Gasteiger charge is 2.38. The fourth-order valence-corrected chi connectivity index (χ4v) is 1.40. The molecule has 1 N–H and O–H groups in total. The molecule has 0 spiro atoms. The number of halogens is 3. The Balaban J connectivity index is 3.52. The molecule has 3 nitrogen and oxygen atoms in total. The highest BCUT2D eigenvalue weighted by Crippen LogP contribution is 2.33. The number of hydrogen-bond acceptors (Lipinski definition) is 2. The van der Waals surface area contributed by atoms with Gasteiger partial charge in [0.1, 0.15) is 0 Å². The molecule has 1 heterocycles. The predicted molar refractivity (Wildman–Crippen MR) is 50.3 cm³/mol. The van der Waals surface area contributed by atoms with Crippen molar-refractivity contribution < 1.29 is 23.1 Å². The van der Waals surface area contributed by atoms with Crippen LogP contribution in [0.1, 0.15) is 41.4 Å². The number of pyridine rings is 1. The largest absolute Gasteiger partial charge is 0.478 e. The van der Waals surface area contributed by atoms with Crippen LogP contribution in [0.5, 0.6) is 0 Å². The Hall–Kier alpha value is -1.59. The second-order valence-electron chi connectivity index (χ2n) is 3.58. The number of aromatic nitrogens is 1. The molecule has 6 heteroatoms. The van der Waals surface area contributed by atoms with Crippen LogP contribution in [0.2, 0.25) is 0 Å². The lowest BCUT2D eigenvalue weighted by atomic mass is 9.96. The summed E-state index contributed by atoms with van der Waals surface area (Å²) in [5.41, 5.74) is -1.97. The van der Waals surface area contributed by atoms with Crippen LogP contribution in [0.4, 0.5) is 13.2 Å². The van der Waals surface area contributed by atoms with Crippen LogP contribution in [0.3, 0.4) is 0 Å². The van der Waals surface area contributed by atoms with Gasteiger partial charge in [-0.15, -0.1) is 0 Å². The number of nitrogens with zero attached hydrogens (tertiary/aromatic N) is 1. The Kier molecular flexibility index (Phi) is 3.21. The SMILES string of the molecule is CC(C)c1ccnc(C(F)(F)F)c1C(=O)O. The van der Waals surface area contributed by atoms with Crippen molar-refractivity contribution in [3.63, 3.8) is 0 Å². The molecule has 0 radical (unpaired) electrons. The summed E-state index contributed by atoms with van der Waals surface area (Å²) in [5, 5.41) is 8.82. The molecular formula is C10H10F3NO2. The Labute approximate surface area is 89.9 Å². The fourth-order valence-electron chi connectivity index (χ4n) is 1.40. The average molecular weight is 233 g/mol. The lowest BCUT2D eigenvalue weighted by Gasteiger charge is -2.14. The van der Waals surface area contributed by atoms with Crippen LogP contribution in [0, 0.1) is 0 Å². The van der Waals surface area contributed by atoms with Crippen LogP contribution >= 0.6 is 0 Å². The third-order valence-electron chi connectivity index (χ3n) is 2.09. The van der Waals surface area contributed by atoms with Gasteiger partial charge in [-0.2, -0.15) is 13.2 Å². The third kappa shape index (κ3) is 2.32. The number of rotatable bonds is 2. The number of hydrogen-bond donors (Lipinski definition) is 1. The monoisotopic (exact) mass is 233 g/mol. The fraction of sp³-hybridized carbons (Fsp3) is 0.400. The maximum atomic E-state index is 12.5. The highest BCUT2D eigenvalue weighted by molar-refractivity contribution is 5.91. The Morgan fingerprint density at radius 2 is 2.00 bits per heavy atom. The zero-order valence-electron chi connectivity index (χ0n) is 8.67. The van der Waals surface area contributed by atoms with Gasteiger partial charge in [0.05, 0.1) is 5.56 Å². The van der Waals surface area contributed by atoms with E-state index in [4.69, 9.17) is 5.11 Å². The van der Waals surface area contributed by atoms with Crippen LogP contribution in [0.25, 0.3) is 0 Å². The molecule has 0 fully saturated rings. The van der Waals surface area contributed by atoms with Gasteiger partial charge in [0, 0.05) is 6.20 Å². The summed E-state index contributed by atoms with van der Waals surface area (Å²) in [6.45, 7) is 3.25. The molecule has 16 heavy (non-hydrogen) atoms. The summed E-state index contributed by atoms with van der Waals surface area (Å²) in [7, 11) is 0. The number of carbonyl (C=O) groups is 1. The van der Waals surface area contributed by atoms with Crippen molar-refractivity contribution in [2.45, 2.75) is 25.9 Å². The minimum atomic E-state index is -4.75. The summed E-state index contributed by atoms with van der Waals surface area (Å²) >= 11 is 0. The average Bonchev–Trinajstić information content (AvgIpc) is 2.14. The Bertz CT molecular complexity index is 413. The number of aromatic carboxylic acids is 1. The van der Waals surface area contributed by atoms with Crippen molar-refractivity contribution in [2.75, 3.05) is 0 Å².